The molecule has 0 bridgehead atoms. The standard InChI is InChI=1S/C14H16N2O2S/c15-10-4-11-16(14-7-8-14)19(17,18)12-9-13-5-2-1-3-6-13/h1-3,5-6,9,12,14H,4,7-8,11H2/b12-9+. The molecule has 1 aliphatic rings. The summed E-state index contributed by atoms with van der Waals surface area (Å²) in [5.74, 6) is 0. The number of nitriles is 1. The second-order valence-electron chi connectivity index (χ2n) is 4.51. The lowest BCUT2D eigenvalue weighted by Gasteiger charge is -2.18. The van der Waals surface area contributed by atoms with Crippen LogP contribution in [0.2, 0.25) is 0 Å². The SMILES string of the molecule is N#CCCN(C1CC1)S(=O)(=O)/C=C/c1ccccc1. The largest absolute Gasteiger partial charge is 0.236 e. The number of sulfonamides is 1. The second kappa shape index (κ2) is 6.00. The van der Waals surface area contributed by atoms with Crippen molar-refractivity contribution in [2.24, 2.45) is 0 Å². The Kier molecular flexibility index (Phi) is 4.35. The highest BCUT2D eigenvalue weighted by Gasteiger charge is 2.35. The molecule has 1 fully saturated rings. The minimum absolute atomic E-state index is 0.0822. The van der Waals surface area contributed by atoms with Gasteiger partial charge in [0.05, 0.1) is 6.07 Å². The van der Waals surface area contributed by atoms with Crippen LogP contribution in [0.3, 0.4) is 0 Å². The highest BCUT2D eigenvalue weighted by molar-refractivity contribution is 7.92. The summed E-state index contributed by atoms with van der Waals surface area (Å²) in [7, 11) is -3.43. The van der Waals surface area contributed by atoms with Gasteiger partial charge in [-0.2, -0.15) is 9.57 Å². The third-order valence-corrected chi connectivity index (χ3v) is 4.57. The molecule has 0 aliphatic heterocycles. The van der Waals surface area contributed by atoms with E-state index < -0.39 is 10.0 Å². The van der Waals surface area contributed by atoms with E-state index in [1.54, 1.807) is 6.08 Å². The predicted octanol–water partition coefficient (Wildman–Crippen LogP) is 2.37. The van der Waals surface area contributed by atoms with Gasteiger partial charge in [0.2, 0.25) is 10.0 Å². The predicted molar refractivity (Wildman–Crippen MR) is 74.4 cm³/mol. The molecule has 0 saturated heterocycles. The molecule has 1 aromatic rings. The molecule has 5 heteroatoms. The molecule has 0 N–H and O–H groups in total. The number of hydrogen-bond donors (Lipinski definition) is 0. The van der Waals surface area contributed by atoms with Gasteiger partial charge in [-0.15, -0.1) is 0 Å². The third kappa shape index (κ3) is 3.91. The summed E-state index contributed by atoms with van der Waals surface area (Å²) >= 11 is 0. The first-order valence-electron chi connectivity index (χ1n) is 6.25. The minimum atomic E-state index is -3.43. The molecule has 0 unspecified atom stereocenters. The summed E-state index contributed by atoms with van der Waals surface area (Å²) in [4.78, 5) is 0. The summed E-state index contributed by atoms with van der Waals surface area (Å²) in [6.45, 7) is 0.280. The Labute approximate surface area is 114 Å². The van der Waals surface area contributed by atoms with Gasteiger partial charge in [-0.3, -0.25) is 0 Å². The summed E-state index contributed by atoms with van der Waals surface area (Å²) < 4.78 is 25.9. The van der Waals surface area contributed by atoms with Crippen LogP contribution in [0.15, 0.2) is 35.7 Å². The highest BCUT2D eigenvalue weighted by Crippen LogP contribution is 2.30. The van der Waals surface area contributed by atoms with E-state index in [0.29, 0.717) is 0 Å². The number of hydrogen-bond acceptors (Lipinski definition) is 3. The Hall–Kier alpha value is -1.64. The molecule has 0 heterocycles. The maximum absolute atomic E-state index is 12.2. The molecule has 100 valence electrons. The first-order valence-corrected chi connectivity index (χ1v) is 7.76. The monoisotopic (exact) mass is 276 g/mol. The zero-order valence-corrected chi connectivity index (χ0v) is 11.4. The first kappa shape index (κ1) is 13.8. The van der Waals surface area contributed by atoms with Gasteiger partial charge in [0.25, 0.3) is 0 Å². The first-order chi connectivity index (χ1) is 9.13. The van der Waals surface area contributed by atoms with Gasteiger partial charge >= 0.3 is 0 Å². The van der Waals surface area contributed by atoms with Crippen LogP contribution in [-0.2, 0) is 10.0 Å². The second-order valence-corrected chi connectivity index (χ2v) is 6.28. The molecule has 0 aromatic heterocycles. The summed E-state index contributed by atoms with van der Waals surface area (Å²) in [6, 6.07) is 11.4. The lowest BCUT2D eigenvalue weighted by atomic mass is 10.2. The molecule has 1 aliphatic carbocycles. The van der Waals surface area contributed by atoms with Gasteiger partial charge in [-0.05, 0) is 24.5 Å². The van der Waals surface area contributed by atoms with Crippen LogP contribution in [0.4, 0.5) is 0 Å². The van der Waals surface area contributed by atoms with Crippen LogP contribution in [0.5, 0.6) is 0 Å². The average Bonchev–Trinajstić information content (AvgIpc) is 3.23. The smallest absolute Gasteiger partial charge is 0.207 e. The zero-order valence-electron chi connectivity index (χ0n) is 10.6. The van der Waals surface area contributed by atoms with E-state index in [9.17, 15) is 8.42 Å². The quantitative estimate of drug-likeness (QED) is 0.801. The van der Waals surface area contributed by atoms with Crippen molar-refractivity contribution in [3.63, 3.8) is 0 Å². The van der Waals surface area contributed by atoms with Crippen molar-refractivity contribution in [1.29, 1.82) is 5.26 Å². The number of rotatable bonds is 6. The summed E-state index contributed by atoms with van der Waals surface area (Å²) in [5, 5.41) is 9.84. The number of benzene rings is 1. The maximum Gasteiger partial charge on any atom is 0.236 e. The van der Waals surface area contributed by atoms with E-state index >= 15 is 0 Å². The fourth-order valence-electron chi connectivity index (χ4n) is 1.85. The van der Waals surface area contributed by atoms with E-state index in [4.69, 9.17) is 5.26 Å². The lowest BCUT2D eigenvalue weighted by Crippen LogP contribution is -2.32. The Morgan fingerprint density at radius 1 is 1.32 bits per heavy atom. The fourth-order valence-corrected chi connectivity index (χ4v) is 3.30. The minimum Gasteiger partial charge on any atom is -0.207 e. The van der Waals surface area contributed by atoms with Crippen LogP contribution in [0.25, 0.3) is 6.08 Å². The van der Waals surface area contributed by atoms with E-state index in [1.165, 1.54) is 9.71 Å². The molecule has 19 heavy (non-hydrogen) atoms. The van der Waals surface area contributed by atoms with Gasteiger partial charge in [-0.1, -0.05) is 30.3 Å². The molecule has 0 atom stereocenters. The molecule has 0 spiro atoms. The average molecular weight is 276 g/mol. The van der Waals surface area contributed by atoms with Crippen LogP contribution in [0.1, 0.15) is 24.8 Å². The maximum atomic E-state index is 12.2. The van der Waals surface area contributed by atoms with Crippen LogP contribution < -0.4 is 0 Å². The van der Waals surface area contributed by atoms with Gasteiger partial charge in [0.1, 0.15) is 0 Å². The van der Waals surface area contributed by atoms with Crippen molar-refractivity contribution < 1.29 is 8.42 Å². The van der Waals surface area contributed by atoms with Crippen LogP contribution in [-0.4, -0.2) is 25.3 Å². The van der Waals surface area contributed by atoms with Crippen LogP contribution in [0, 0.1) is 11.3 Å². The van der Waals surface area contributed by atoms with Gasteiger partial charge < -0.3 is 0 Å². The molecule has 1 saturated carbocycles. The van der Waals surface area contributed by atoms with Crippen molar-refractivity contribution in [2.75, 3.05) is 6.54 Å². The highest BCUT2D eigenvalue weighted by atomic mass is 32.2. The van der Waals surface area contributed by atoms with Gasteiger partial charge in [0.15, 0.2) is 0 Å². The number of nitrogens with zero attached hydrogens (tertiary/aromatic N) is 2. The van der Waals surface area contributed by atoms with Crippen molar-refractivity contribution in [1.82, 2.24) is 4.31 Å². The van der Waals surface area contributed by atoms with E-state index in [2.05, 4.69) is 0 Å². The molecule has 4 nitrogen and oxygen atoms in total. The molecular formula is C14H16N2O2S. The van der Waals surface area contributed by atoms with Crippen molar-refractivity contribution in [2.45, 2.75) is 25.3 Å². The Morgan fingerprint density at radius 2 is 2.00 bits per heavy atom. The molecule has 2 rings (SSSR count). The van der Waals surface area contributed by atoms with Crippen molar-refractivity contribution in [3.05, 3.63) is 41.3 Å². The van der Waals surface area contributed by atoms with E-state index in [0.717, 1.165) is 18.4 Å². The van der Waals surface area contributed by atoms with Crippen molar-refractivity contribution >= 4 is 16.1 Å². The summed E-state index contributed by atoms with van der Waals surface area (Å²) in [6.07, 6.45) is 3.61. The molecule has 0 amide bonds. The molecular weight excluding hydrogens is 260 g/mol. The topological polar surface area (TPSA) is 61.2 Å². The Morgan fingerprint density at radius 3 is 2.58 bits per heavy atom. The fraction of sp³-hybridized carbons (Fsp3) is 0.357. The Bertz CT molecular complexity index is 584. The molecule has 1 aromatic carbocycles. The van der Waals surface area contributed by atoms with Crippen LogP contribution >= 0.6 is 0 Å². The zero-order chi connectivity index (χ0) is 13.7. The summed E-state index contributed by atoms with van der Waals surface area (Å²) in [5.41, 5.74) is 0.849. The van der Waals surface area contributed by atoms with Crippen molar-refractivity contribution in [3.8, 4) is 6.07 Å². The van der Waals surface area contributed by atoms with Gasteiger partial charge in [-0.25, -0.2) is 8.42 Å². The Balaban J connectivity index is 2.12. The molecule has 0 radical (unpaired) electrons. The van der Waals surface area contributed by atoms with E-state index in [-0.39, 0.29) is 19.0 Å². The lowest BCUT2D eigenvalue weighted by molar-refractivity contribution is 0.417. The van der Waals surface area contributed by atoms with E-state index in [1.807, 2.05) is 36.4 Å². The third-order valence-electron chi connectivity index (χ3n) is 2.96. The van der Waals surface area contributed by atoms with Gasteiger partial charge in [0, 0.05) is 24.4 Å². The normalized spacial score (nSPS) is 15.8.